The molecule has 0 aliphatic rings. The summed E-state index contributed by atoms with van der Waals surface area (Å²) in [4.78, 5) is 12.9. The minimum absolute atomic E-state index is 0.250. The van der Waals surface area contributed by atoms with Gasteiger partial charge in [0.15, 0.2) is 11.5 Å². The van der Waals surface area contributed by atoms with E-state index in [0.717, 1.165) is 11.1 Å². The summed E-state index contributed by atoms with van der Waals surface area (Å²) in [6.45, 7) is 4.33. The van der Waals surface area contributed by atoms with Crippen LogP contribution in [0, 0.1) is 13.8 Å². The van der Waals surface area contributed by atoms with Gasteiger partial charge in [-0.2, -0.15) is 0 Å². The molecule has 0 spiro atoms. The van der Waals surface area contributed by atoms with Crippen molar-refractivity contribution in [2.45, 2.75) is 20.5 Å². The monoisotopic (exact) mass is 391 g/mol. The Morgan fingerprint density at radius 2 is 1.59 bits per heavy atom. The number of hydrogen-bond donors (Lipinski definition) is 1. The molecule has 0 saturated heterocycles. The van der Waals surface area contributed by atoms with Gasteiger partial charge in [0.05, 0.1) is 19.8 Å². The highest BCUT2D eigenvalue weighted by Gasteiger charge is 2.15. The zero-order valence-electron chi connectivity index (χ0n) is 17.1. The number of methoxy groups -OCH3 is 2. The highest BCUT2D eigenvalue weighted by Crippen LogP contribution is 2.33. The molecule has 0 aromatic heterocycles. The van der Waals surface area contributed by atoms with Crippen LogP contribution in [-0.2, 0) is 6.61 Å². The molecule has 5 nitrogen and oxygen atoms in total. The first-order valence-corrected chi connectivity index (χ1v) is 9.33. The summed E-state index contributed by atoms with van der Waals surface area (Å²) >= 11 is 0. The van der Waals surface area contributed by atoms with E-state index in [0.29, 0.717) is 35.1 Å². The topological polar surface area (TPSA) is 56.8 Å². The third-order valence-corrected chi connectivity index (χ3v) is 4.59. The standard InChI is InChI=1S/C24H25NO4/c1-16-8-7-9-18(12-16)15-29-21-11-6-5-10-19(21)24(26)25-20-14-23(28-4)22(27-3)13-17(20)2/h5-14H,15H2,1-4H3,(H,25,26). The van der Waals surface area contributed by atoms with Crippen molar-refractivity contribution in [2.75, 3.05) is 19.5 Å². The predicted molar refractivity (Wildman–Crippen MR) is 114 cm³/mol. The van der Waals surface area contributed by atoms with Crippen molar-refractivity contribution in [1.82, 2.24) is 0 Å². The molecule has 1 N–H and O–H groups in total. The second kappa shape index (κ2) is 9.15. The van der Waals surface area contributed by atoms with Gasteiger partial charge in [0.2, 0.25) is 0 Å². The fraction of sp³-hybridized carbons (Fsp3) is 0.208. The molecule has 0 radical (unpaired) electrons. The van der Waals surface area contributed by atoms with Crippen LogP contribution in [0.4, 0.5) is 5.69 Å². The first-order valence-electron chi connectivity index (χ1n) is 9.33. The molecular weight excluding hydrogens is 366 g/mol. The molecular formula is C24H25NO4. The van der Waals surface area contributed by atoms with Gasteiger partial charge in [-0.25, -0.2) is 0 Å². The minimum Gasteiger partial charge on any atom is -0.493 e. The molecule has 0 bridgehead atoms. The van der Waals surface area contributed by atoms with Gasteiger partial charge in [-0.3, -0.25) is 4.79 Å². The highest BCUT2D eigenvalue weighted by atomic mass is 16.5. The average Bonchev–Trinajstić information content (AvgIpc) is 2.73. The maximum absolute atomic E-state index is 12.9. The Kier molecular flexibility index (Phi) is 6.39. The second-order valence-electron chi connectivity index (χ2n) is 6.75. The Bertz CT molecular complexity index is 1010. The van der Waals surface area contributed by atoms with Crippen LogP contribution in [0.25, 0.3) is 0 Å². The summed E-state index contributed by atoms with van der Waals surface area (Å²) in [5.41, 5.74) is 4.21. The fourth-order valence-electron chi connectivity index (χ4n) is 3.05. The van der Waals surface area contributed by atoms with Crippen molar-refractivity contribution in [3.05, 3.63) is 82.9 Å². The van der Waals surface area contributed by atoms with Crippen LogP contribution in [0.15, 0.2) is 60.7 Å². The molecule has 0 atom stereocenters. The molecule has 0 saturated carbocycles. The van der Waals surface area contributed by atoms with Crippen molar-refractivity contribution >= 4 is 11.6 Å². The third-order valence-electron chi connectivity index (χ3n) is 4.59. The van der Waals surface area contributed by atoms with Crippen LogP contribution in [0.2, 0.25) is 0 Å². The van der Waals surface area contributed by atoms with Crippen molar-refractivity contribution in [3.8, 4) is 17.2 Å². The van der Waals surface area contributed by atoms with E-state index in [4.69, 9.17) is 14.2 Å². The van der Waals surface area contributed by atoms with E-state index in [1.54, 1.807) is 32.4 Å². The van der Waals surface area contributed by atoms with Crippen LogP contribution in [0.5, 0.6) is 17.2 Å². The van der Waals surface area contributed by atoms with Gasteiger partial charge in [0.1, 0.15) is 12.4 Å². The normalized spacial score (nSPS) is 10.3. The van der Waals surface area contributed by atoms with E-state index < -0.39 is 0 Å². The maximum Gasteiger partial charge on any atom is 0.259 e. The third kappa shape index (κ3) is 4.88. The molecule has 0 fully saturated rings. The molecule has 3 aromatic carbocycles. The van der Waals surface area contributed by atoms with E-state index in [1.165, 1.54) is 5.56 Å². The van der Waals surface area contributed by atoms with Crippen molar-refractivity contribution in [2.24, 2.45) is 0 Å². The average molecular weight is 391 g/mol. The molecule has 1 amide bonds. The van der Waals surface area contributed by atoms with E-state index in [1.807, 2.05) is 50.2 Å². The largest absolute Gasteiger partial charge is 0.493 e. The number of ether oxygens (including phenoxy) is 3. The predicted octanol–water partition coefficient (Wildman–Crippen LogP) is 5.15. The number of nitrogens with one attached hydrogen (secondary N) is 1. The Morgan fingerprint density at radius 3 is 2.31 bits per heavy atom. The molecule has 0 unspecified atom stereocenters. The van der Waals surface area contributed by atoms with Crippen molar-refractivity contribution in [3.63, 3.8) is 0 Å². The Labute approximate surface area is 171 Å². The summed E-state index contributed by atoms with van der Waals surface area (Å²) in [6.07, 6.45) is 0. The number of rotatable bonds is 7. The Hall–Kier alpha value is -3.47. The number of amides is 1. The summed E-state index contributed by atoms with van der Waals surface area (Å²) < 4.78 is 16.6. The lowest BCUT2D eigenvalue weighted by molar-refractivity contribution is 0.102. The quantitative estimate of drug-likeness (QED) is 0.605. The van der Waals surface area contributed by atoms with Gasteiger partial charge in [0, 0.05) is 11.8 Å². The summed E-state index contributed by atoms with van der Waals surface area (Å²) in [7, 11) is 3.14. The Morgan fingerprint density at radius 1 is 0.862 bits per heavy atom. The molecule has 3 aromatic rings. The number of carbonyl (C=O) groups excluding carboxylic acids is 1. The second-order valence-corrected chi connectivity index (χ2v) is 6.75. The summed E-state index contributed by atoms with van der Waals surface area (Å²) in [5, 5.41) is 2.95. The molecule has 3 rings (SSSR count). The molecule has 0 aliphatic heterocycles. The van der Waals surface area contributed by atoms with E-state index in [9.17, 15) is 4.79 Å². The van der Waals surface area contributed by atoms with Crippen LogP contribution < -0.4 is 19.5 Å². The van der Waals surface area contributed by atoms with E-state index in [-0.39, 0.29) is 5.91 Å². The highest BCUT2D eigenvalue weighted by molar-refractivity contribution is 6.06. The first kappa shape index (κ1) is 20.3. The molecule has 150 valence electrons. The molecule has 0 heterocycles. The number of benzene rings is 3. The van der Waals surface area contributed by atoms with Crippen LogP contribution >= 0.6 is 0 Å². The van der Waals surface area contributed by atoms with Gasteiger partial charge >= 0.3 is 0 Å². The van der Waals surface area contributed by atoms with Gasteiger partial charge in [-0.15, -0.1) is 0 Å². The maximum atomic E-state index is 12.9. The van der Waals surface area contributed by atoms with E-state index >= 15 is 0 Å². The molecule has 29 heavy (non-hydrogen) atoms. The van der Waals surface area contributed by atoms with Gasteiger partial charge in [0.25, 0.3) is 5.91 Å². The number of para-hydroxylation sites is 1. The fourth-order valence-corrected chi connectivity index (χ4v) is 3.05. The van der Waals surface area contributed by atoms with Gasteiger partial charge < -0.3 is 19.5 Å². The molecule has 5 heteroatoms. The summed E-state index contributed by atoms with van der Waals surface area (Å²) in [6, 6.07) is 18.9. The lowest BCUT2D eigenvalue weighted by Gasteiger charge is -2.15. The number of hydrogen-bond acceptors (Lipinski definition) is 4. The van der Waals surface area contributed by atoms with Crippen molar-refractivity contribution < 1.29 is 19.0 Å². The minimum atomic E-state index is -0.250. The number of carbonyl (C=O) groups is 1. The van der Waals surface area contributed by atoms with Crippen molar-refractivity contribution in [1.29, 1.82) is 0 Å². The SMILES string of the molecule is COc1cc(C)c(NC(=O)c2ccccc2OCc2cccc(C)c2)cc1OC. The smallest absolute Gasteiger partial charge is 0.259 e. The van der Waals surface area contributed by atoms with Crippen LogP contribution in [0.1, 0.15) is 27.0 Å². The number of aryl methyl sites for hydroxylation is 2. The zero-order chi connectivity index (χ0) is 20.8. The van der Waals surface area contributed by atoms with E-state index in [2.05, 4.69) is 11.4 Å². The lowest BCUT2D eigenvalue weighted by atomic mass is 10.1. The lowest BCUT2D eigenvalue weighted by Crippen LogP contribution is -2.14. The van der Waals surface area contributed by atoms with Gasteiger partial charge in [-0.05, 0) is 43.2 Å². The first-order chi connectivity index (χ1) is 14.0. The molecule has 0 aliphatic carbocycles. The number of anilines is 1. The van der Waals surface area contributed by atoms with Gasteiger partial charge in [-0.1, -0.05) is 42.0 Å². The summed E-state index contributed by atoms with van der Waals surface area (Å²) in [5.74, 6) is 1.45. The van der Waals surface area contributed by atoms with Crippen LogP contribution in [-0.4, -0.2) is 20.1 Å². The van der Waals surface area contributed by atoms with Crippen LogP contribution in [0.3, 0.4) is 0 Å². The zero-order valence-corrected chi connectivity index (χ0v) is 17.1. The Balaban J connectivity index is 1.80.